The number of aromatic nitrogens is 3. The van der Waals surface area contributed by atoms with Gasteiger partial charge in [-0.2, -0.15) is 13.2 Å². The number of amides is 5. The van der Waals surface area contributed by atoms with Crippen molar-refractivity contribution < 1.29 is 70.4 Å². The van der Waals surface area contributed by atoms with E-state index < -0.39 is 89.7 Å². The van der Waals surface area contributed by atoms with Gasteiger partial charge in [0.25, 0.3) is 11.1 Å². The van der Waals surface area contributed by atoms with E-state index in [2.05, 4.69) is 31.2 Å². The van der Waals surface area contributed by atoms with Gasteiger partial charge in [0.1, 0.15) is 31.0 Å². The number of nitrogens with two attached hydrogens (primary N) is 1. The van der Waals surface area contributed by atoms with Crippen molar-refractivity contribution in [3.8, 4) is 17.1 Å². The number of hydrogen-bond acceptors (Lipinski definition) is 17. The van der Waals surface area contributed by atoms with Crippen LogP contribution in [0, 0.1) is 5.41 Å². The molecule has 0 saturated heterocycles. The Labute approximate surface area is 436 Å². The first-order valence-electron chi connectivity index (χ1n) is 24.5. The number of esters is 2. The Morgan fingerprint density at radius 3 is 1.99 bits per heavy atom. The van der Waals surface area contributed by atoms with Gasteiger partial charge in [-0.1, -0.05) is 13.8 Å². The highest BCUT2D eigenvalue weighted by atomic mass is 19.4. The van der Waals surface area contributed by atoms with E-state index in [4.69, 9.17) is 34.8 Å². The molecular weight excluding hydrogens is 1020 g/mol. The zero-order valence-electron chi connectivity index (χ0n) is 42.6. The quantitative estimate of drug-likeness (QED) is 0.0334. The molecule has 8 N–H and O–H groups in total. The first-order valence-corrected chi connectivity index (χ1v) is 24.5. The van der Waals surface area contributed by atoms with Crippen LogP contribution in [0.5, 0.6) is 5.75 Å². The summed E-state index contributed by atoms with van der Waals surface area (Å²) < 4.78 is 66.7. The third-order valence-corrected chi connectivity index (χ3v) is 13.3. The fraction of sp³-hybridized carbons (Fsp3) is 0.460. The highest BCUT2D eigenvalue weighted by Gasteiger charge is 2.52. The summed E-state index contributed by atoms with van der Waals surface area (Å²) in [7, 11) is 0. The molecule has 412 valence electrons. The van der Waals surface area contributed by atoms with Gasteiger partial charge in [-0.25, -0.2) is 24.2 Å². The van der Waals surface area contributed by atoms with Crippen molar-refractivity contribution >= 4 is 58.5 Å². The van der Waals surface area contributed by atoms with Gasteiger partial charge in [0, 0.05) is 54.7 Å². The lowest BCUT2D eigenvalue weighted by Gasteiger charge is -2.35. The van der Waals surface area contributed by atoms with Crippen molar-refractivity contribution in [3.63, 3.8) is 0 Å². The van der Waals surface area contributed by atoms with Gasteiger partial charge in [-0.05, 0) is 83.0 Å². The molecule has 3 aliphatic rings. The number of nitrogens with zero attached hydrogens (tertiary/aromatic N) is 3. The number of aromatic amines is 1. The number of alkyl halides is 3. The number of nitrogens with one attached hydrogen (secondary N) is 6. The number of alkyl carbamates (subject to hydrolysis) is 2. The van der Waals surface area contributed by atoms with E-state index in [9.17, 15) is 56.3 Å². The van der Waals surface area contributed by atoms with Gasteiger partial charge in [-0.15, -0.1) is 0 Å². The third kappa shape index (κ3) is 11.9. The summed E-state index contributed by atoms with van der Waals surface area (Å²) in [6.07, 6.45) is -6.92. The van der Waals surface area contributed by atoms with E-state index >= 15 is 0 Å². The van der Waals surface area contributed by atoms with Crippen LogP contribution < -0.4 is 42.9 Å². The number of carbonyl (C=O) groups excluding carboxylic acids is 7. The second-order valence-corrected chi connectivity index (χ2v) is 18.5. The number of pyridine rings is 3. The van der Waals surface area contributed by atoms with Crippen LogP contribution in [0.15, 0.2) is 46.0 Å². The second kappa shape index (κ2) is 22.9. The van der Waals surface area contributed by atoms with Crippen molar-refractivity contribution in [2.24, 2.45) is 5.73 Å². The number of halogens is 3. The highest BCUT2D eigenvalue weighted by molar-refractivity contribution is 5.96. The molecule has 0 bridgehead atoms. The van der Waals surface area contributed by atoms with Crippen molar-refractivity contribution in [3.05, 3.63) is 90.6 Å². The van der Waals surface area contributed by atoms with Crippen molar-refractivity contribution in [1.29, 1.82) is 5.41 Å². The van der Waals surface area contributed by atoms with E-state index in [0.29, 0.717) is 28.6 Å². The van der Waals surface area contributed by atoms with E-state index in [1.54, 1.807) is 6.07 Å². The molecule has 0 spiro atoms. The van der Waals surface area contributed by atoms with E-state index in [1.807, 2.05) is 0 Å². The van der Waals surface area contributed by atoms with Crippen LogP contribution in [0.2, 0.25) is 0 Å². The molecule has 3 aliphatic heterocycles. The Kier molecular flexibility index (Phi) is 16.7. The summed E-state index contributed by atoms with van der Waals surface area (Å²) in [6.45, 7) is 4.72. The largest absolute Gasteiger partial charge is 0.484 e. The molecule has 7 rings (SSSR count). The van der Waals surface area contributed by atoms with Crippen LogP contribution in [0.4, 0.5) is 22.8 Å². The van der Waals surface area contributed by atoms with Crippen LogP contribution in [-0.2, 0) is 73.9 Å². The van der Waals surface area contributed by atoms with Crippen LogP contribution >= 0.6 is 0 Å². The van der Waals surface area contributed by atoms with Crippen LogP contribution in [-0.4, -0.2) is 125 Å². The predicted molar refractivity (Wildman–Crippen MR) is 264 cm³/mol. The molecule has 3 aromatic heterocycles. The lowest BCUT2D eigenvalue weighted by atomic mass is 9.85. The average molecular weight is 1080 g/mol. The number of benzene rings is 1. The standard InChI is InChI=1S/C50H57F3N10O14/c1-6-48(33-19-36(25(3)55)61-42(67)31(33)22-73-44(48)69)76-46(71)58-26(4)40(65)56-13-15-62(38(64)9-8-12-54)16-14-57-41(66)27(5)59-47(72)77-49(7-2)34-20-37-39-29(21-63(37)43(68)32(34)23-74-45(49)70)17-28-18-30(10-11-35(28)60-39)75-24-50(51,52)53/h10-11,17-20,26-27,55H,6-9,12-16,21-24,54H2,1-5H3,(H,56,65)(H,57,66)(H,58,71)(H,59,72)(H,61,67)/t26-,27-,48-,49-/m0/s1. The van der Waals surface area contributed by atoms with Gasteiger partial charge in [0.05, 0.1) is 46.0 Å². The molecule has 0 saturated carbocycles. The highest BCUT2D eigenvalue weighted by Crippen LogP contribution is 2.42. The number of carbonyl (C=O) groups is 7. The molecule has 4 aromatic rings. The number of hydrogen-bond donors (Lipinski definition) is 7. The molecule has 6 heterocycles. The molecule has 4 atom stereocenters. The zero-order valence-corrected chi connectivity index (χ0v) is 42.6. The van der Waals surface area contributed by atoms with Crippen LogP contribution in [0.25, 0.3) is 22.3 Å². The van der Waals surface area contributed by atoms with Gasteiger partial charge in [0.2, 0.25) is 28.9 Å². The minimum Gasteiger partial charge on any atom is -0.484 e. The molecule has 0 unspecified atom stereocenters. The van der Waals surface area contributed by atoms with E-state index in [1.165, 1.54) is 74.4 Å². The number of cyclic esters (lactones) is 2. The normalized spacial score (nSPS) is 17.9. The minimum atomic E-state index is -4.55. The summed E-state index contributed by atoms with van der Waals surface area (Å²) in [6, 6.07) is 6.24. The lowest BCUT2D eigenvalue weighted by molar-refractivity contribution is -0.173. The summed E-state index contributed by atoms with van der Waals surface area (Å²) >= 11 is 0. The van der Waals surface area contributed by atoms with Gasteiger partial charge >= 0.3 is 30.3 Å². The Bertz CT molecular complexity index is 3180. The number of rotatable bonds is 20. The summed E-state index contributed by atoms with van der Waals surface area (Å²) in [4.78, 5) is 128. The molecule has 77 heavy (non-hydrogen) atoms. The molecule has 27 heteroatoms. The smallest absolute Gasteiger partial charge is 0.422 e. The molecule has 0 aliphatic carbocycles. The maximum absolute atomic E-state index is 14.0. The Morgan fingerprint density at radius 2 is 1.44 bits per heavy atom. The minimum absolute atomic E-state index is 0.0135. The monoisotopic (exact) mass is 1080 g/mol. The summed E-state index contributed by atoms with van der Waals surface area (Å²) in [5.74, 6) is -3.73. The number of H-pyrrole nitrogens is 1. The van der Waals surface area contributed by atoms with Crippen LogP contribution in [0.1, 0.15) is 93.8 Å². The second-order valence-electron chi connectivity index (χ2n) is 18.5. The summed E-state index contributed by atoms with van der Waals surface area (Å²) in [5, 5.41) is 18.4. The average Bonchev–Trinajstić information content (AvgIpc) is 3.86. The fourth-order valence-electron chi connectivity index (χ4n) is 9.10. The van der Waals surface area contributed by atoms with Crippen LogP contribution in [0.3, 0.4) is 0 Å². The SMILES string of the molecule is CC[C@@]1(OC(=O)N[C@@H](C)C(=O)NCCN(CCNC(=O)[C@H](C)NC(=O)O[C@]2(CC)C(=O)OCc3c2cc2n(c3=O)Cc3cc4cc(OCC(F)(F)F)ccc4nc3-2)C(=O)CCCN)C(=O)OCc2c1cc(C(C)=N)[nH]c2=O. The Balaban J connectivity index is 0.942. The first kappa shape index (κ1) is 56.4. The fourth-order valence-corrected chi connectivity index (χ4v) is 9.10. The number of ether oxygens (including phenoxy) is 5. The molecule has 0 radical (unpaired) electrons. The Morgan fingerprint density at radius 1 is 0.870 bits per heavy atom. The molecule has 0 fully saturated rings. The van der Waals surface area contributed by atoms with Crippen molar-refractivity contribution in [2.75, 3.05) is 39.3 Å². The van der Waals surface area contributed by atoms with Crippen molar-refractivity contribution in [2.45, 2.75) is 110 Å². The zero-order chi connectivity index (χ0) is 56.1. The van der Waals surface area contributed by atoms with Crippen molar-refractivity contribution in [1.82, 2.24) is 40.7 Å². The van der Waals surface area contributed by atoms with Gasteiger partial charge < -0.3 is 70.5 Å². The first-order chi connectivity index (χ1) is 36.4. The maximum Gasteiger partial charge on any atom is 0.422 e. The third-order valence-electron chi connectivity index (χ3n) is 13.3. The van der Waals surface area contributed by atoms with Gasteiger partial charge in [0.15, 0.2) is 6.61 Å². The molecule has 24 nitrogen and oxygen atoms in total. The maximum atomic E-state index is 14.0. The topological polar surface area (TPSA) is 335 Å². The summed E-state index contributed by atoms with van der Waals surface area (Å²) in [5.41, 5.74) is 2.05. The number of fused-ring (bicyclic) bond motifs is 6. The molecule has 5 amide bonds. The lowest BCUT2D eigenvalue weighted by Crippen LogP contribution is -2.52. The van der Waals surface area contributed by atoms with E-state index in [-0.39, 0.29) is 116 Å². The van der Waals surface area contributed by atoms with Gasteiger partial charge in [-0.3, -0.25) is 24.0 Å². The van der Waals surface area contributed by atoms with E-state index in [0.717, 1.165) is 0 Å². The molecule has 1 aromatic carbocycles. The predicted octanol–water partition coefficient (Wildman–Crippen LogP) is 2.50. The molecular formula is C50H57F3N10O14. The Hall–Kier alpha value is -8.36.